The van der Waals surface area contributed by atoms with Gasteiger partial charge in [-0.2, -0.15) is 0 Å². The molecule has 0 radical (unpaired) electrons. The van der Waals surface area contributed by atoms with Crippen molar-refractivity contribution in [2.24, 2.45) is 5.73 Å². The van der Waals surface area contributed by atoms with Crippen molar-refractivity contribution in [2.75, 3.05) is 13.0 Å². The minimum atomic E-state index is -3.88. The Balaban J connectivity index is 3.87. The molecule has 0 saturated heterocycles. The highest BCUT2D eigenvalue weighted by Gasteiger charge is 2.22. The van der Waals surface area contributed by atoms with Crippen molar-refractivity contribution < 1.29 is 29.0 Å². The zero-order valence-corrected chi connectivity index (χ0v) is 7.68. The highest BCUT2D eigenvalue weighted by atomic mass is 31.2. The molecular weight excluding hydrogens is 201 g/mol. The molecule has 0 aromatic rings. The highest BCUT2D eigenvalue weighted by Crippen LogP contribution is 2.42. The van der Waals surface area contributed by atoms with Crippen molar-refractivity contribution in [3.8, 4) is 0 Å². The van der Waals surface area contributed by atoms with E-state index in [1.54, 1.807) is 0 Å². The van der Waals surface area contributed by atoms with Gasteiger partial charge in [0.2, 0.25) is 0 Å². The third kappa shape index (κ3) is 5.73. The number of aliphatic hydroxyl groups excluding tert-OH is 1. The molecule has 13 heavy (non-hydrogen) atoms. The summed E-state index contributed by atoms with van der Waals surface area (Å²) in [5.41, 5.74) is 5.07. The first-order chi connectivity index (χ1) is 5.89. The molecule has 0 aliphatic carbocycles. The van der Waals surface area contributed by atoms with E-state index in [4.69, 9.17) is 20.8 Å². The number of carboxylic acids is 1. The van der Waals surface area contributed by atoms with Gasteiger partial charge in [0.25, 0.3) is 0 Å². The number of carboxylic acid groups (broad SMARTS) is 1. The Labute approximate surface area is 74.7 Å². The molecule has 0 aliphatic rings. The van der Waals surface area contributed by atoms with E-state index < -0.39 is 26.4 Å². The zero-order chi connectivity index (χ0) is 10.5. The average molecular weight is 213 g/mol. The number of aliphatic hydroxyl groups is 1. The van der Waals surface area contributed by atoms with Crippen LogP contribution in [0.3, 0.4) is 0 Å². The summed E-state index contributed by atoms with van der Waals surface area (Å²) in [5, 5.41) is 16.5. The smallest absolute Gasteiger partial charge is 0.330 e. The number of nitrogens with two attached hydrogens (primary N) is 1. The summed E-state index contributed by atoms with van der Waals surface area (Å²) < 4.78 is 14.9. The summed E-state index contributed by atoms with van der Waals surface area (Å²) in [7, 11) is -3.88. The van der Waals surface area contributed by atoms with Gasteiger partial charge in [-0.05, 0) is 6.42 Å². The van der Waals surface area contributed by atoms with Crippen LogP contribution in [-0.4, -0.2) is 40.1 Å². The summed E-state index contributed by atoms with van der Waals surface area (Å²) in [6.45, 7) is -0.879. The predicted molar refractivity (Wildman–Crippen MR) is 43.1 cm³/mol. The van der Waals surface area contributed by atoms with E-state index in [0.29, 0.717) is 0 Å². The van der Waals surface area contributed by atoms with Crippen molar-refractivity contribution >= 4 is 13.6 Å². The molecule has 7 nitrogen and oxygen atoms in total. The molecule has 78 valence electrons. The summed E-state index contributed by atoms with van der Waals surface area (Å²) in [4.78, 5) is 19.1. The highest BCUT2D eigenvalue weighted by molar-refractivity contribution is 7.52. The number of rotatable bonds is 6. The van der Waals surface area contributed by atoms with E-state index in [9.17, 15) is 9.36 Å². The van der Waals surface area contributed by atoms with Crippen LogP contribution in [0.5, 0.6) is 0 Å². The normalized spacial score (nSPS) is 17.8. The molecule has 0 heterocycles. The molecule has 0 rings (SSSR count). The SMILES string of the molecule is NC(CCP(=O)(O)OCO)C(=O)O. The number of carbonyl (C=O) groups is 1. The Kier molecular flexibility index (Phi) is 5.12. The Bertz CT molecular complexity index is 219. The largest absolute Gasteiger partial charge is 0.480 e. The molecule has 2 unspecified atom stereocenters. The summed E-state index contributed by atoms with van der Waals surface area (Å²) in [6.07, 6.45) is -0.565. The molecule has 0 aromatic heterocycles. The lowest BCUT2D eigenvalue weighted by atomic mass is 10.2. The van der Waals surface area contributed by atoms with Gasteiger partial charge in [0.1, 0.15) is 6.04 Å². The van der Waals surface area contributed by atoms with Crippen LogP contribution in [0, 0.1) is 0 Å². The fraction of sp³-hybridized carbons (Fsp3) is 0.800. The van der Waals surface area contributed by atoms with E-state index in [-0.39, 0.29) is 12.6 Å². The average Bonchev–Trinajstić information content (AvgIpc) is 2.00. The van der Waals surface area contributed by atoms with E-state index >= 15 is 0 Å². The standard InChI is InChI=1S/C5H12NO6P/c6-4(5(8)9)1-2-13(10,11)12-3-7/h4,7H,1-3,6H2,(H,8,9)(H,10,11). The van der Waals surface area contributed by atoms with E-state index in [2.05, 4.69) is 4.52 Å². The number of hydrogen-bond donors (Lipinski definition) is 4. The zero-order valence-electron chi connectivity index (χ0n) is 6.79. The Morgan fingerprint density at radius 3 is 2.54 bits per heavy atom. The molecule has 0 bridgehead atoms. The van der Waals surface area contributed by atoms with Crippen LogP contribution in [0.1, 0.15) is 6.42 Å². The topological polar surface area (TPSA) is 130 Å². The lowest BCUT2D eigenvalue weighted by Gasteiger charge is -2.11. The summed E-state index contributed by atoms with van der Waals surface area (Å²) >= 11 is 0. The summed E-state index contributed by atoms with van der Waals surface area (Å²) in [6, 6.07) is -1.19. The first-order valence-electron chi connectivity index (χ1n) is 3.44. The first-order valence-corrected chi connectivity index (χ1v) is 5.21. The lowest BCUT2D eigenvalue weighted by Crippen LogP contribution is -2.30. The third-order valence-electron chi connectivity index (χ3n) is 1.30. The van der Waals surface area contributed by atoms with Crippen molar-refractivity contribution in [3.05, 3.63) is 0 Å². The lowest BCUT2D eigenvalue weighted by molar-refractivity contribution is -0.138. The minimum absolute atomic E-state index is 0.177. The van der Waals surface area contributed by atoms with E-state index in [1.807, 2.05) is 0 Å². The van der Waals surface area contributed by atoms with Crippen LogP contribution in [0.4, 0.5) is 0 Å². The predicted octanol–water partition coefficient (Wildman–Crippen LogP) is -1.06. The molecular formula is C5H12NO6P. The third-order valence-corrected chi connectivity index (χ3v) is 2.64. The molecule has 5 N–H and O–H groups in total. The summed E-state index contributed by atoms with van der Waals surface area (Å²) in [5.74, 6) is -1.25. The van der Waals surface area contributed by atoms with Crippen LogP contribution in [0.2, 0.25) is 0 Å². The van der Waals surface area contributed by atoms with Gasteiger partial charge in [0.05, 0.1) is 6.16 Å². The van der Waals surface area contributed by atoms with E-state index in [0.717, 1.165) is 0 Å². The molecule has 0 aromatic carbocycles. The molecule has 2 atom stereocenters. The number of hydrogen-bond acceptors (Lipinski definition) is 5. The molecule has 0 amide bonds. The first kappa shape index (κ1) is 12.5. The maximum absolute atomic E-state index is 10.9. The molecule has 0 saturated carbocycles. The van der Waals surface area contributed by atoms with Crippen LogP contribution >= 0.6 is 7.60 Å². The van der Waals surface area contributed by atoms with Gasteiger partial charge < -0.3 is 20.8 Å². The fourth-order valence-electron chi connectivity index (χ4n) is 0.580. The second kappa shape index (κ2) is 5.31. The van der Waals surface area contributed by atoms with Gasteiger partial charge in [-0.3, -0.25) is 13.9 Å². The fourth-order valence-corrected chi connectivity index (χ4v) is 1.49. The van der Waals surface area contributed by atoms with Gasteiger partial charge in [0, 0.05) is 0 Å². The monoisotopic (exact) mass is 213 g/mol. The molecule has 0 fully saturated rings. The van der Waals surface area contributed by atoms with Gasteiger partial charge in [-0.25, -0.2) is 0 Å². The van der Waals surface area contributed by atoms with Crippen LogP contribution in [0.15, 0.2) is 0 Å². The van der Waals surface area contributed by atoms with Gasteiger partial charge in [-0.15, -0.1) is 0 Å². The van der Waals surface area contributed by atoms with Crippen LogP contribution in [-0.2, 0) is 13.9 Å². The van der Waals surface area contributed by atoms with Crippen molar-refractivity contribution in [1.29, 1.82) is 0 Å². The maximum atomic E-state index is 10.9. The quantitative estimate of drug-likeness (QED) is 0.326. The van der Waals surface area contributed by atoms with Gasteiger partial charge in [0.15, 0.2) is 6.79 Å². The van der Waals surface area contributed by atoms with Crippen molar-refractivity contribution in [1.82, 2.24) is 0 Å². The Morgan fingerprint density at radius 1 is 1.62 bits per heavy atom. The Morgan fingerprint density at radius 2 is 2.15 bits per heavy atom. The second-order valence-electron chi connectivity index (χ2n) is 2.35. The van der Waals surface area contributed by atoms with Crippen molar-refractivity contribution in [2.45, 2.75) is 12.5 Å². The van der Waals surface area contributed by atoms with Crippen LogP contribution in [0.25, 0.3) is 0 Å². The maximum Gasteiger partial charge on any atom is 0.330 e. The van der Waals surface area contributed by atoms with E-state index in [1.165, 1.54) is 0 Å². The minimum Gasteiger partial charge on any atom is -0.480 e. The molecule has 0 spiro atoms. The molecule has 8 heteroatoms. The Hall–Kier alpha value is -0.460. The molecule has 0 aliphatic heterocycles. The van der Waals surface area contributed by atoms with Gasteiger partial charge in [-0.1, -0.05) is 0 Å². The van der Waals surface area contributed by atoms with Crippen molar-refractivity contribution in [3.63, 3.8) is 0 Å². The second-order valence-corrected chi connectivity index (χ2v) is 4.33. The number of aliphatic carboxylic acids is 1. The van der Waals surface area contributed by atoms with Crippen LogP contribution < -0.4 is 5.73 Å². The van der Waals surface area contributed by atoms with Gasteiger partial charge >= 0.3 is 13.6 Å².